The van der Waals surface area contributed by atoms with E-state index < -0.39 is 0 Å². The molecule has 1 aliphatic heterocycles. The van der Waals surface area contributed by atoms with Crippen molar-refractivity contribution in [2.75, 3.05) is 11.9 Å². The monoisotopic (exact) mass is 273 g/mol. The highest BCUT2D eigenvalue weighted by Gasteiger charge is 2.23. The van der Waals surface area contributed by atoms with Crippen molar-refractivity contribution in [3.05, 3.63) is 58.1 Å². The molecule has 1 unspecified atom stereocenters. The molecule has 3 rings (SSSR count). The van der Waals surface area contributed by atoms with Crippen molar-refractivity contribution in [1.29, 1.82) is 0 Å². The minimum Gasteiger partial charge on any atom is -0.480 e. The fourth-order valence-electron chi connectivity index (χ4n) is 2.51. The number of nitrogens with one attached hydrogen (secondary N) is 1. The van der Waals surface area contributed by atoms with Crippen LogP contribution in [0, 0.1) is 13.8 Å². The van der Waals surface area contributed by atoms with Gasteiger partial charge in [-0.3, -0.25) is 0 Å². The lowest BCUT2D eigenvalue weighted by Crippen LogP contribution is -2.24. The molecule has 0 saturated carbocycles. The van der Waals surface area contributed by atoms with Crippen molar-refractivity contribution in [2.45, 2.75) is 20.0 Å². The van der Waals surface area contributed by atoms with Crippen LogP contribution in [0.3, 0.4) is 0 Å². The molecule has 98 valence electrons. The maximum Gasteiger partial charge on any atom is 0.161 e. The van der Waals surface area contributed by atoms with Crippen LogP contribution in [-0.4, -0.2) is 6.54 Å². The van der Waals surface area contributed by atoms with Crippen LogP contribution in [0.25, 0.3) is 0 Å². The molecule has 2 aromatic carbocycles. The first-order valence-electron chi connectivity index (χ1n) is 6.41. The topological polar surface area (TPSA) is 21.3 Å². The molecule has 0 spiro atoms. The van der Waals surface area contributed by atoms with Gasteiger partial charge in [0.05, 0.1) is 17.3 Å². The first-order chi connectivity index (χ1) is 9.15. The summed E-state index contributed by atoms with van der Waals surface area (Å²) in [5, 5.41) is 4.04. The first kappa shape index (κ1) is 12.4. The summed E-state index contributed by atoms with van der Waals surface area (Å²) in [7, 11) is 0. The Morgan fingerprint density at radius 1 is 1.21 bits per heavy atom. The highest BCUT2D eigenvalue weighted by atomic mass is 35.5. The zero-order chi connectivity index (χ0) is 13.4. The van der Waals surface area contributed by atoms with Crippen molar-refractivity contribution < 1.29 is 4.74 Å². The van der Waals surface area contributed by atoms with E-state index in [2.05, 4.69) is 37.4 Å². The molecule has 0 saturated heterocycles. The minimum absolute atomic E-state index is 0.00741. The molecule has 19 heavy (non-hydrogen) atoms. The van der Waals surface area contributed by atoms with E-state index in [1.165, 1.54) is 16.7 Å². The molecule has 1 heterocycles. The Kier molecular flexibility index (Phi) is 3.11. The highest BCUT2D eigenvalue weighted by molar-refractivity contribution is 6.32. The second kappa shape index (κ2) is 4.78. The number of para-hydroxylation sites is 1. The average molecular weight is 274 g/mol. The van der Waals surface area contributed by atoms with Gasteiger partial charge in [0.15, 0.2) is 5.75 Å². The zero-order valence-electron chi connectivity index (χ0n) is 11.0. The number of ether oxygens (including phenoxy) is 1. The second-order valence-corrected chi connectivity index (χ2v) is 5.37. The third kappa shape index (κ3) is 2.28. The van der Waals surface area contributed by atoms with Gasteiger partial charge >= 0.3 is 0 Å². The number of benzene rings is 2. The van der Waals surface area contributed by atoms with E-state index in [0.29, 0.717) is 5.02 Å². The minimum atomic E-state index is 0.00741. The first-order valence-corrected chi connectivity index (χ1v) is 6.79. The molecule has 1 atom stereocenters. The summed E-state index contributed by atoms with van der Waals surface area (Å²) >= 11 is 6.19. The molecule has 1 N–H and O–H groups in total. The van der Waals surface area contributed by atoms with Gasteiger partial charge in [-0.25, -0.2) is 0 Å². The quantitative estimate of drug-likeness (QED) is 0.826. The van der Waals surface area contributed by atoms with Gasteiger partial charge in [0.1, 0.15) is 6.10 Å². The molecule has 2 aromatic rings. The standard InChI is InChI=1S/C16H16ClNO/c1-10-6-7-12(11(2)8-10)15-9-18-14-5-3-4-13(17)16(14)19-15/h3-8,15,18H,9H2,1-2H3. The van der Waals surface area contributed by atoms with Gasteiger partial charge in [-0.15, -0.1) is 0 Å². The van der Waals surface area contributed by atoms with Crippen molar-refractivity contribution in [3.63, 3.8) is 0 Å². The highest BCUT2D eigenvalue weighted by Crippen LogP contribution is 2.40. The molecular weight excluding hydrogens is 258 g/mol. The smallest absolute Gasteiger partial charge is 0.161 e. The maximum absolute atomic E-state index is 6.19. The summed E-state index contributed by atoms with van der Waals surface area (Å²) in [4.78, 5) is 0. The van der Waals surface area contributed by atoms with Gasteiger partial charge in [0, 0.05) is 0 Å². The van der Waals surface area contributed by atoms with Crippen LogP contribution in [0.4, 0.5) is 5.69 Å². The predicted octanol–water partition coefficient (Wildman–Crippen LogP) is 4.50. The Hall–Kier alpha value is -1.67. The number of rotatable bonds is 1. The average Bonchev–Trinajstić information content (AvgIpc) is 2.39. The van der Waals surface area contributed by atoms with Crippen LogP contribution in [0.1, 0.15) is 22.8 Å². The molecule has 3 heteroatoms. The van der Waals surface area contributed by atoms with Gasteiger partial charge in [-0.2, -0.15) is 0 Å². The predicted molar refractivity (Wildman–Crippen MR) is 79.2 cm³/mol. The van der Waals surface area contributed by atoms with Crippen LogP contribution in [-0.2, 0) is 0 Å². The molecular formula is C16H16ClNO. The van der Waals surface area contributed by atoms with E-state index in [9.17, 15) is 0 Å². The van der Waals surface area contributed by atoms with Crippen LogP contribution >= 0.6 is 11.6 Å². The van der Waals surface area contributed by atoms with E-state index in [4.69, 9.17) is 16.3 Å². The summed E-state index contributed by atoms with van der Waals surface area (Å²) in [6.45, 7) is 4.98. The number of fused-ring (bicyclic) bond motifs is 1. The third-order valence-electron chi connectivity index (χ3n) is 3.48. The molecule has 0 radical (unpaired) electrons. The molecule has 2 nitrogen and oxygen atoms in total. The summed E-state index contributed by atoms with van der Waals surface area (Å²) in [5.41, 5.74) is 4.70. The van der Waals surface area contributed by atoms with Crippen molar-refractivity contribution in [3.8, 4) is 5.75 Å². The largest absolute Gasteiger partial charge is 0.480 e. The third-order valence-corrected chi connectivity index (χ3v) is 3.77. The van der Waals surface area contributed by atoms with E-state index in [0.717, 1.165) is 18.0 Å². The van der Waals surface area contributed by atoms with Crippen molar-refractivity contribution in [1.82, 2.24) is 0 Å². The van der Waals surface area contributed by atoms with Gasteiger partial charge in [0.2, 0.25) is 0 Å². The summed E-state index contributed by atoms with van der Waals surface area (Å²) in [5.74, 6) is 0.750. The van der Waals surface area contributed by atoms with Gasteiger partial charge in [-0.05, 0) is 37.1 Å². The fourth-order valence-corrected chi connectivity index (χ4v) is 2.73. The SMILES string of the molecule is Cc1ccc(C2CNc3cccc(Cl)c3O2)c(C)c1. The Morgan fingerprint density at radius 3 is 2.84 bits per heavy atom. The Bertz CT molecular complexity index is 624. The zero-order valence-corrected chi connectivity index (χ0v) is 11.8. The Balaban J connectivity index is 1.95. The van der Waals surface area contributed by atoms with E-state index in [-0.39, 0.29) is 6.10 Å². The normalized spacial score (nSPS) is 17.3. The van der Waals surface area contributed by atoms with Gasteiger partial charge in [0.25, 0.3) is 0 Å². The molecule has 0 fully saturated rings. The van der Waals surface area contributed by atoms with Gasteiger partial charge < -0.3 is 10.1 Å². The lowest BCUT2D eigenvalue weighted by molar-refractivity contribution is 0.210. The summed E-state index contributed by atoms with van der Waals surface area (Å²) in [6.07, 6.45) is 0.00741. The molecule has 0 bridgehead atoms. The lowest BCUT2D eigenvalue weighted by Gasteiger charge is -2.29. The van der Waals surface area contributed by atoms with Crippen molar-refractivity contribution in [2.24, 2.45) is 0 Å². The van der Waals surface area contributed by atoms with Crippen LogP contribution in [0.15, 0.2) is 36.4 Å². The van der Waals surface area contributed by atoms with Crippen LogP contribution < -0.4 is 10.1 Å². The Labute approximate surface area is 118 Å². The lowest BCUT2D eigenvalue weighted by atomic mass is 10.00. The molecule has 0 aromatic heterocycles. The van der Waals surface area contributed by atoms with E-state index >= 15 is 0 Å². The maximum atomic E-state index is 6.19. The van der Waals surface area contributed by atoms with Crippen LogP contribution in [0.5, 0.6) is 5.75 Å². The number of aryl methyl sites for hydroxylation is 2. The fraction of sp³-hybridized carbons (Fsp3) is 0.250. The summed E-state index contributed by atoms with van der Waals surface area (Å²) < 4.78 is 6.08. The second-order valence-electron chi connectivity index (χ2n) is 4.96. The molecule has 1 aliphatic rings. The molecule has 0 aliphatic carbocycles. The van der Waals surface area contributed by atoms with E-state index in [1.807, 2.05) is 18.2 Å². The van der Waals surface area contributed by atoms with E-state index in [1.54, 1.807) is 0 Å². The number of anilines is 1. The Morgan fingerprint density at radius 2 is 2.05 bits per heavy atom. The summed E-state index contributed by atoms with van der Waals surface area (Å²) in [6, 6.07) is 12.2. The number of hydrogen-bond donors (Lipinski definition) is 1. The van der Waals surface area contributed by atoms with Crippen molar-refractivity contribution >= 4 is 17.3 Å². The van der Waals surface area contributed by atoms with Crippen LogP contribution in [0.2, 0.25) is 5.02 Å². The number of halogens is 1. The van der Waals surface area contributed by atoms with Gasteiger partial charge in [-0.1, -0.05) is 41.4 Å². The number of hydrogen-bond acceptors (Lipinski definition) is 2. The molecule has 0 amide bonds.